The van der Waals surface area contributed by atoms with E-state index in [1.807, 2.05) is 0 Å². The molecule has 0 fully saturated rings. The van der Waals surface area contributed by atoms with E-state index in [0.29, 0.717) is 11.1 Å². The largest absolute Gasteiger partial charge is 0.494 e. The van der Waals surface area contributed by atoms with Gasteiger partial charge in [-0.25, -0.2) is 8.78 Å². The van der Waals surface area contributed by atoms with E-state index in [9.17, 15) is 18.4 Å². The fraction of sp³-hybridized carbons (Fsp3) is 0.111. The fourth-order valence-corrected chi connectivity index (χ4v) is 1.96. The van der Waals surface area contributed by atoms with Gasteiger partial charge in [0.2, 0.25) is 5.91 Å². The number of methoxy groups -OCH3 is 1. The fourth-order valence-electron chi connectivity index (χ4n) is 1.96. The van der Waals surface area contributed by atoms with Crippen LogP contribution in [0.5, 0.6) is 5.75 Å². The van der Waals surface area contributed by atoms with Gasteiger partial charge < -0.3 is 4.74 Å². The van der Waals surface area contributed by atoms with Crippen molar-refractivity contribution in [3.63, 3.8) is 0 Å². The minimum absolute atomic E-state index is 0.00599. The number of hydrazine groups is 1. The summed E-state index contributed by atoms with van der Waals surface area (Å²) in [5.41, 5.74) is 5.51. The van der Waals surface area contributed by atoms with E-state index in [2.05, 4.69) is 10.9 Å². The Morgan fingerprint density at radius 1 is 1.08 bits per heavy atom. The van der Waals surface area contributed by atoms with Crippen molar-refractivity contribution in [2.45, 2.75) is 6.42 Å². The highest BCUT2D eigenvalue weighted by atomic mass is 19.1. The summed E-state index contributed by atoms with van der Waals surface area (Å²) in [7, 11) is 1.36. The van der Waals surface area contributed by atoms with Gasteiger partial charge in [0.25, 0.3) is 5.91 Å². The summed E-state index contributed by atoms with van der Waals surface area (Å²) in [4.78, 5) is 23.3. The van der Waals surface area contributed by atoms with Crippen molar-refractivity contribution in [3.8, 4) is 5.75 Å². The number of ether oxygens (including phenoxy) is 1. The lowest BCUT2D eigenvalue weighted by molar-refractivity contribution is -0.126. The lowest BCUT2D eigenvalue weighted by Crippen LogP contribution is -2.41. The van der Waals surface area contributed by atoms with Gasteiger partial charge in [-0.05, 0) is 41.5 Å². The first-order valence-electron chi connectivity index (χ1n) is 7.33. The van der Waals surface area contributed by atoms with E-state index in [1.165, 1.54) is 49.6 Å². The molecular formula is C18H16F2N2O3. The topological polar surface area (TPSA) is 67.4 Å². The van der Waals surface area contributed by atoms with Gasteiger partial charge in [-0.1, -0.05) is 18.2 Å². The van der Waals surface area contributed by atoms with Crippen LogP contribution in [0.2, 0.25) is 0 Å². The van der Waals surface area contributed by atoms with Crippen LogP contribution in [0.15, 0.2) is 48.5 Å². The average molecular weight is 346 g/mol. The van der Waals surface area contributed by atoms with Crippen LogP contribution in [0, 0.1) is 11.6 Å². The number of halogens is 2. The minimum atomic E-state index is -0.580. The highest BCUT2D eigenvalue weighted by molar-refractivity contribution is 5.93. The van der Waals surface area contributed by atoms with Gasteiger partial charge in [0.1, 0.15) is 5.82 Å². The van der Waals surface area contributed by atoms with Crippen molar-refractivity contribution in [2.24, 2.45) is 0 Å². The van der Waals surface area contributed by atoms with E-state index in [0.717, 1.165) is 6.08 Å². The molecule has 2 aromatic carbocycles. The summed E-state index contributed by atoms with van der Waals surface area (Å²) < 4.78 is 31.1. The molecule has 0 aliphatic heterocycles. The molecule has 2 amide bonds. The zero-order chi connectivity index (χ0) is 18.2. The zero-order valence-electron chi connectivity index (χ0n) is 13.4. The van der Waals surface area contributed by atoms with Gasteiger partial charge >= 0.3 is 0 Å². The van der Waals surface area contributed by atoms with Crippen molar-refractivity contribution in [1.29, 1.82) is 0 Å². The maximum Gasteiger partial charge on any atom is 0.262 e. The Labute approximate surface area is 143 Å². The second-order valence-electron chi connectivity index (χ2n) is 5.07. The maximum absolute atomic E-state index is 13.5. The molecule has 0 aliphatic carbocycles. The molecule has 25 heavy (non-hydrogen) atoms. The third-order valence-electron chi connectivity index (χ3n) is 3.21. The number of hydrogen-bond donors (Lipinski definition) is 2. The third-order valence-corrected chi connectivity index (χ3v) is 3.21. The molecule has 0 aromatic heterocycles. The van der Waals surface area contributed by atoms with Gasteiger partial charge in [0, 0.05) is 6.08 Å². The second-order valence-corrected chi connectivity index (χ2v) is 5.07. The number of carbonyl (C=O) groups excluding carboxylic acids is 2. The van der Waals surface area contributed by atoms with E-state index >= 15 is 0 Å². The van der Waals surface area contributed by atoms with Crippen molar-refractivity contribution < 1.29 is 23.1 Å². The minimum Gasteiger partial charge on any atom is -0.494 e. The van der Waals surface area contributed by atoms with Crippen molar-refractivity contribution >= 4 is 17.9 Å². The standard InChI is InChI=1S/C18H16F2N2O3/c1-25-16-8-4-12(10-15(16)20)5-9-17(23)21-22-18(24)11-13-2-6-14(19)7-3-13/h2-10H,11H2,1H3,(H,21,23)(H,22,24)/b9-5+. The molecule has 0 saturated carbocycles. The zero-order valence-corrected chi connectivity index (χ0v) is 13.4. The number of amides is 2. The predicted octanol–water partition coefficient (Wildman–Crippen LogP) is 2.38. The van der Waals surface area contributed by atoms with Gasteiger partial charge in [-0.2, -0.15) is 0 Å². The first-order valence-corrected chi connectivity index (χ1v) is 7.33. The lowest BCUT2D eigenvalue weighted by Gasteiger charge is -2.05. The van der Waals surface area contributed by atoms with Crippen molar-refractivity contribution in [1.82, 2.24) is 10.9 Å². The summed E-state index contributed by atoms with van der Waals surface area (Å²) >= 11 is 0. The van der Waals surface area contributed by atoms with Crippen molar-refractivity contribution in [3.05, 3.63) is 71.3 Å². The molecule has 2 aromatic rings. The molecule has 0 bridgehead atoms. The molecular weight excluding hydrogens is 330 g/mol. The van der Waals surface area contributed by atoms with Crippen LogP contribution in [0.3, 0.4) is 0 Å². The molecule has 0 atom stereocenters. The predicted molar refractivity (Wildman–Crippen MR) is 88.4 cm³/mol. The quantitative estimate of drug-likeness (QED) is 0.645. The summed E-state index contributed by atoms with van der Waals surface area (Å²) in [5.74, 6) is -1.86. The second kappa shape index (κ2) is 8.58. The summed E-state index contributed by atoms with van der Waals surface area (Å²) in [6.45, 7) is 0. The van der Waals surface area contributed by atoms with Crippen LogP contribution >= 0.6 is 0 Å². The molecule has 0 spiro atoms. The Balaban J connectivity index is 1.82. The van der Waals surface area contributed by atoms with Crippen LogP contribution in [0.25, 0.3) is 6.08 Å². The smallest absolute Gasteiger partial charge is 0.262 e. The molecule has 0 saturated heterocycles. The average Bonchev–Trinajstić information content (AvgIpc) is 2.60. The number of nitrogens with one attached hydrogen (secondary N) is 2. The number of carbonyl (C=O) groups is 2. The summed E-state index contributed by atoms with van der Waals surface area (Å²) in [5, 5.41) is 0. The van der Waals surface area contributed by atoms with Crippen LogP contribution < -0.4 is 15.6 Å². The third kappa shape index (κ3) is 5.72. The van der Waals surface area contributed by atoms with E-state index in [4.69, 9.17) is 4.74 Å². The Bertz CT molecular complexity index is 789. The van der Waals surface area contributed by atoms with E-state index in [1.54, 1.807) is 6.07 Å². The highest BCUT2D eigenvalue weighted by Crippen LogP contribution is 2.18. The molecule has 5 nitrogen and oxygen atoms in total. The Hall–Kier alpha value is -3.22. The normalized spacial score (nSPS) is 10.5. The number of benzene rings is 2. The maximum atomic E-state index is 13.5. The molecule has 130 valence electrons. The van der Waals surface area contributed by atoms with E-state index < -0.39 is 23.4 Å². The highest BCUT2D eigenvalue weighted by Gasteiger charge is 2.05. The molecule has 0 aliphatic rings. The number of rotatable bonds is 5. The van der Waals surface area contributed by atoms with Crippen molar-refractivity contribution in [2.75, 3.05) is 7.11 Å². The molecule has 2 N–H and O–H groups in total. The first kappa shape index (κ1) is 18.1. The van der Waals surface area contributed by atoms with Crippen LogP contribution in [0.4, 0.5) is 8.78 Å². The van der Waals surface area contributed by atoms with E-state index in [-0.39, 0.29) is 12.2 Å². The molecule has 0 radical (unpaired) electrons. The Morgan fingerprint density at radius 3 is 2.44 bits per heavy atom. The van der Waals surface area contributed by atoms with Gasteiger partial charge in [-0.15, -0.1) is 0 Å². The van der Waals surface area contributed by atoms with Gasteiger partial charge in [0.05, 0.1) is 13.5 Å². The molecule has 0 unspecified atom stereocenters. The first-order chi connectivity index (χ1) is 12.0. The SMILES string of the molecule is COc1ccc(/C=C/C(=O)NNC(=O)Cc2ccc(F)cc2)cc1F. The summed E-state index contributed by atoms with van der Waals surface area (Å²) in [6, 6.07) is 9.70. The summed E-state index contributed by atoms with van der Waals surface area (Å²) in [6.07, 6.45) is 2.54. The van der Waals surface area contributed by atoms with Gasteiger partial charge in [0.15, 0.2) is 11.6 Å². The molecule has 7 heteroatoms. The Morgan fingerprint density at radius 2 is 1.80 bits per heavy atom. The Kier molecular flexibility index (Phi) is 6.22. The monoisotopic (exact) mass is 346 g/mol. The van der Waals surface area contributed by atoms with Crippen LogP contribution in [-0.2, 0) is 16.0 Å². The van der Waals surface area contributed by atoms with Crippen LogP contribution in [0.1, 0.15) is 11.1 Å². The molecule has 0 heterocycles. The molecule has 2 rings (SSSR count). The lowest BCUT2D eigenvalue weighted by atomic mass is 10.1. The number of hydrogen-bond acceptors (Lipinski definition) is 3. The van der Waals surface area contributed by atoms with Gasteiger partial charge in [-0.3, -0.25) is 20.4 Å². The van der Waals surface area contributed by atoms with Crippen LogP contribution in [-0.4, -0.2) is 18.9 Å².